The van der Waals surface area contributed by atoms with Gasteiger partial charge in [0.2, 0.25) is 5.91 Å². The van der Waals surface area contributed by atoms with E-state index in [2.05, 4.69) is 50.5 Å². The third kappa shape index (κ3) is 6.77. The number of anilines is 1. The molecule has 0 spiro atoms. The van der Waals surface area contributed by atoms with Crippen molar-refractivity contribution >= 4 is 24.0 Å². The zero-order chi connectivity index (χ0) is 15.8. The molecule has 126 valence electrons. The molecule has 0 radical (unpaired) electrons. The molecule has 1 amide bonds. The maximum absolute atomic E-state index is 12.0. The normalized spacial score (nSPS) is 10.7. The molecular formula is C17H29ClN2O2. The zero-order valence-corrected chi connectivity index (χ0v) is 15.0. The van der Waals surface area contributed by atoms with Crippen LogP contribution >= 0.6 is 12.4 Å². The van der Waals surface area contributed by atoms with Gasteiger partial charge in [-0.05, 0) is 29.0 Å². The Bertz CT molecular complexity index is 462. The molecule has 0 saturated carbocycles. The molecule has 1 aromatic rings. The lowest BCUT2D eigenvalue weighted by Crippen LogP contribution is -2.30. The number of amides is 1. The maximum Gasteiger partial charge on any atom is 0.238 e. The van der Waals surface area contributed by atoms with Crippen LogP contribution in [-0.4, -0.2) is 32.7 Å². The fraction of sp³-hybridized carbons (Fsp3) is 0.588. The highest BCUT2D eigenvalue weighted by molar-refractivity contribution is 5.93. The molecule has 4 nitrogen and oxygen atoms in total. The van der Waals surface area contributed by atoms with Crippen LogP contribution in [0.1, 0.15) is 50.7 Å². The van der Waals surface area contributed by atoms with Gasteiger partial charge >= 0.3 is 0 Å². The van der Waals surface area contributed by atoms with E-state index < -0.39 is 0 Å². The molecule has 0 aliphatic carbocycles. The molecule has 0 unspecified atom stereocenters. The van der Waals surface area contributed by atoms with Gasteiger partial charge in [0, 0.05) is 19.3 Å². The lowest BCUT2D eigenvalue weighted by molar-refractivity contribution is -0.115. The third-order valence-electron chi connectivity index (χ3n) is 3.41. The molecule has 0 aromatic heterocycles. The Morgan fingerprint density at radius 3 is 2.41 bits per heavy atom. The number of benzene rings is 1. The molecule has 0 heterocycles. The first-order chi connectivity index (χ1) is 9.95. The molecule has 0 atom stereocenters. The topological polar surface area (TPSA) is 50.4 Å². The van der Waals surface area contributed by atoms with Gasteiger partial charge in [0.25, 0.3) is 0 Å². The number of hydrogen-bond donors (Lipinski definition) is 2. The third-order valence-corrected chi connectivity index (χ3v) is 3.41. The van der Waals surface area contributed by atoms with E-state index in [1.807, 2.05) is 6.07 Å². The highest BCUT2D eigenvalue weighted by atomic mass is 35.5. The van der Waals surface area contributed by atoms with Crippen LogP contribution in [0.4, 0.5) is 5.69 Å². The molecule has 0 aliphatic rings. The van der Waals surface area contributed by atoms with Gasteiger partial charge in [-0.1, -0.05) is 39.8 Å². The zero-order valence-electron chi connectivity index (χ0n) is 14.2. The van der Waals surface area contributed by atoms with Crippen molar-refractivity contribution in [2.75, 3.05) is 32.1 Å². The molecule has 1 aromatic carbocycles. The smallest absolute Gasteiger partial charge is 0.238 e. The fourth-order valence-corrected chi connectivity index (χ4v) is 2.10. The Morgan fingerprint density at radius 1 is 1.18 bits per heavy atom. The maximum atomic E-state index is 12.0. The van der Waals surface area contributed by atoms with Crippen molar-refractivity contribution < 1.29 is 9.53 Å². The molecule has 1 rings (SSSR count). The summed E-state index contributed by atoms with van der Waals surface area (Å²) in [5, 5.41) is 6.04. The first-order valence-corrected chi connectivity index (χ1v) is 7.59. The fourth-order valence-electron chi connectivity index (χ4n) is 2.10. The van der Waals surface area contributed by atoms with E-state index in [1.54, 1.807) is 7.11 Å². The molecule has 0 aliphatic heterocycles. The molecule has 0 fully saturated rings. The lowest BCUT2D eigenvalue weighted by Gasteiger charge is -2.17. The minimum absolute atomic E-state index is 0. The van der Waals surface area contributed by atoms with Crippen LogP contribution in [-0.2, 0) is 9.53 Å². The van der Waals surface area contributed by atoms with Crippen molar-refractivity contribution in [1.82, 2.24) is 5.32 Å². The summed E-state index contributed by atoms with van der Waals surface area (Å²) in [4.78, 5) is 12.0. The minimum Gasteiger partial charge on any atom is -0.383 e. The van der Waals surface area contributed by atoms with Gasteiger partial charge in [-0.3, -0.25) is 4.79 Å². The van der Waals surface area contributed by atoms with Crippen molar-refractivity contribution in [1.29, 1.82) is 0 Å². The number of hydrogen-bond acceptors (Lipinski definition) is 3. The Hall–Kier alpha value is -1.10. The Morgan fingerprint density at radius 2 is 1.86 bits per heavy atom. The minimum atomic E-state index is -0.0229. The molecule has 0 bridgehead atoms. The quantitative estimate of drug-likeness (QED) is 0.718. The Labute approximate surface area is 140 Å². The van der Waals surface area contributed by atoms with Crippen LogP contribution in [0, 0.1) is 0 Å². The number of rotatable bonds is 8. The van der Waals surface area contributed by atoms with Crippen molar-refractivity contribution in [3.63, 3.8) is 0 Å². The number of nitrogens with one attached hydrogen (secondary N) is 2. The van der Waals surface area contributed by atoms with Crippen LogP contribution in [0.25, 0.3) is 0 Å². The van der Waals surface area contributed by atoms with E-state index in [0.717, 1.165) is 5.69 Å². The van der Waals surface area contributed by atoms with Gasteiger partial charge in [-0.25, -0.2) is 0 Å². The largest absolute Gasteiger partial charge is 0.383 e. The summed E-state index contributed by atoms with van der Waals surface area (Å²) in [5.41, 5.74) is 3.40. The van der Waals surface area contributed by atoms with Crippen molar-refractivity contribution in [3.05, 3.63) is 29.3 Å². The summed E-state index contributed by atoms with van der Waals surface area (Å²) in [7, 11) is 1.65. The van der Waals surface area contributed by atoms with E-state index in [-0.39, 0.29) is 18.3 Å². The van der Waals surface area contributed by atoms with Crippen molar-refractivity contribution in [2.45, 2.75) is 39.5 Å². The number of ether oxygens (including phenoxy) is 1. The van der Waals surface area contributed by atoms with Crippen LogP contribution in [0.15, 0.2) is 18.2 Å². The standard InChI is InChI=1S/C17H28N2O2.ClH/c1-12(2)14-6-7-16(15(10-14)13(3)4)19-17(20)11-18-8-9-21-5;/h6-7,10,12-13,18H,8-9,11H2,1-5H3,(H,19,20);1H. The highest BCUT2D eigenvalue weighted by Crippen LogP contribution is 2.28. The summed E-state index contributed by atoms with van der Waals surface area (Å²) in [6.45, 7) is 10.2. The Kier molecular flexibility index (Phi) is 10.1. The summed E-state index contributed by atoms with van der Waals surface area (Å²) in [6, 6.07) is 6.30. The average Bonchev–Trinajstić information content (AvgIpc) is 2.43. The monoisotopic (exact) mass is 328 g/mol. The highest BCUT2D eigenvalue weighted by Gasteiger charge is 2.11. The molecule has 2 N–H and O–H groups in total. The van der Waals surface area contributed by atoms with Crippen molar-refractivity contribution in [3.8, 4) is 0 Å². The molecule has 22 heavy (non-hydrogen) atoms. The van der Waals surface area contributed by atoms with Gasteiger partial charge in [-0.15, -0.1) is 12.4 Å². The van der Waals surface area contributed by atoms with Gasteiger partial charge in [-0.2, -0.15) is 0 Å². The Balaban J connectivity index is 0.00000441. The predicted octanol–water partition coefficient (Wildman–Crippen LogP) is 3.53. The van der Waals surface area contributed by atoms with Crippen LogP contribution in [0.5, 0.6) is 0 Å². The van der Waals surface area contributed by atoms with E-state index >= 15 is 0 Å². The molecule has 0 saturated heterocycles. The lowest BCUT2D eigenvalue weighted by atomic mass is 9.94. The molecular weight excluding hydrogens is 300 g/mol. The number of halogens is 1. The first-order valence-electron chi connectivity index (χ1n) is 7.59. The SMILES string of the molecule is COCCNCC(=O)Nc1ccc(C(C)C)cc1C(C)C.Cl. The first kappa shape index (κ1) is 20.9. The predicted molar refractivity (Wildman–Crippen MR) is 95.2 cm³/mol. The van der Waals surface area contributed by atoms with Gasteiger partial charge < -0.3 is 15.4 Å². The van der Waals surface area contributed by atoms with Gasteiger partial charge in [0.05, 0.1) is 13.2 Å². The summed E-state index contributed by atoms with van der Waals surface area (Å²) in [5.74, 6) is 0.841. The van der Waals surface area contributed by atoms with Gasteiger partial charge in [0.15, 0.2) is 0 Å². The number of carbonyl (C=O) groups is 1. The summed E-state index contributed by atoms with van der Waals surface area (Å²) < 4.78 is 4.93. The van der Waals surface area contributed by atoms with E-state index in [4.69, 9.17) is 4.74 Å². The summed E-state index contributed by atoms with van der Waals surface area (Å²) in [6.07, 6.45) is 0. The number of carbonyl (C=O) groups excluding carboxylic acids is 1. The van der Waals surface area contributed by atoms with Crippen LogP contribution < -0.4 is 10.6 Å². The summed E-state index contributed by atoms with van der Waals surface area (Å²) >= 11 is 0. The van der Waals surface area contributed by atoms with E-state index in [1.165, 1.54) is 11.1 Å². The van der Waals surface area contributed by atoms with E-state index in [0.29, 0.717) is 31.5 Å². The second-order valence-corrected chi connectivity index (χ2v) is 5.87. The van der Waals surface area contributed by atoms with Crippen LogP contribution in [0.3, 0.4) is 0 Å². The second kappa shape index (κ2) is 10.6. The molecule has 5 heteroatoms. The van der Waals surface area contributed by atoms with E-state index in [9.17, 15) is 4.79 Å². The van der Waals surface area contributed by atoms with Crippen LogP contribution in [0.2, 0.25) is 0 Å². The van der Waals surface area contributed by atoms with Crippen molar-refractivity contribution in [2.24, 2.45) is 0 Å². The van der Waals surface area contributed by atoms with Gasteiger partial charge in [0.1, 0.15) is 0 Å². The average molecular weight is 329 g/mol. The number of methoxy groups -OCH3 is 1. The second-order valence-electron chi connectivity index (χ2n) is 5.87.